The van der Waals surface area contributed by atoms with E-state index in [0.29, 0.717) is 5.56 Å². The fourth-order valence-electron chi connectivity index (χ4n) is 1.99. The summed E-state index contributed by atoms with van der Waals surface area (Å²) >= 11 is 1.49. The van der Waals surface area contributed by atoms with E-state index in [-0.39, 0.29) is 17.3 Å². The smallest absolute Gasteiger partial charge is 0.272 e. The fourth-order valence-corrected chi connectivity index (χ4v) is 2.89. The lowest BCUT2D eigenvalue weighted by atomic mass is 10.1. The first-order chi connectivity index (χ1) is 11.6. The van der Waals surface area contributed by atoms with Gasteiger partial charge in [0, 0.05) is 11.8 Å². The Balaban J connectivity index is 1.81. The third kappa shape index (κ3) is 5.20. The van der Waals surface area contributed by atoms with Gasteiger partial charge in [-0.2, -0.15) is 5.10 Å². The highest BCUT2D eigenvalue weighted by Gasteiger charge is 2.10. The molecule has 2 aromatic rings. The number of hydrogen-bond acceptors (Lipinski definition) is 5. The quantitative estimate of drug-likeness (QED) is 0.475. The molecule has 1 amide bonds. The summed E-state index contributed by atoms with van der Waals surface area (Å²) in [5, 5.41) is 14.7. The lowest BCUT2D eigenvalue weighted by Gasteiger charge is -2.04. The molecule has 0 bridgehead atoms. The monoisotopic (exact) mass is 343 g/mol. The van der Waals surface area contributed by atoms with Gasteiger partial charge in [-0.25, -0.2) is 5.43 Å². The molecule has 0 aromatic heterocycles. The zero-order valence-electron chi connectivity index (χ0n) is 13.1. The van der Waals surface area contributed by atoms with E-state index in [1.165, 1.54) is 35.2 Å². The van der Waals surface area contributed by atoms with Crippen molar-refractivity contribution in [1.29, 1.82) is 0 Å². The van der Waals surface area contributed by atoms with Crippen LogP contribution in [0, 0.1) is 17.0 Å². The van der Waals surface area contributed by atoms with Crippen LogP contribution >= 0.6 is 11.8 Å². The highest BCUT2D eigenvalue weighted by Crippen LogP contribution is 2.16. The molecule has 0 aliphatic rings. The average molecular weight is 343 g/mol. The van der Waals surface area contributed by atoms with Crippen molar-refractivity contribution in [3.63, 3.8) is 0 Å². The molecule has 0 radical (unpaired) electrons. The molecule has 24 heavy (non-hydrogen) atoms. The first-order valence-electron chi connectivity index (χ1n) is 7.25. The maximum absolute atomic E-state index is 11.7. The van der Waals surface area contributed by atoms with Crippen LogP contribution in [-0.2, 0) is 10.5 Å². The normalized spacial score (nSPS) is 10.7. The number of nitro benzene ring substituents is 1. The predicted molar refractivity (Wildman–Crippen MR) is 96.2 cm³/mol. The molecule has 0 unspecified atom stereocenters. The standard InChI is InChI=1S/C17H17N3O3S/c1-13-6-2-3-8-15(13)11-24-12-17(21)19-18-10-14-7-4-5-9-16(14)20(22)23/h2-10H,11-12H2,1H3,(H,19,21). The molecule has 0 saturated carbocycles. The number of carbonyl (C=O) groups excluding carboxylic acids is 1. The number of rotatable bonds is 7. The van der Waals surface area contributed by atoms with Gasteiger partial charge >= 0.3 is 0 Å². The Bertz CT molecular complexity index is 762. The van der Waals surface area contributed by atoms with Gasteiger partial charge in [0.25, 0.3) is 5.69 Å². The van der Waals surface area contributed by atoms with Gasteiger partial charge < -0.3 is 0 Å². The van der Waals surface area contributed by atoms with Crippen molar-refractivity contribution in [2.75, 3.05) is 5.75 Å². The summed E-state index contributed by atoms with van der Waals surface area (Å²) in [7, 11) is 0. The van der Waals surface area contributed by atoms with Crippen LogP contribution < -0.4 is 5.43 Å². The number of thioether (sulfide) groups is 1. The second-order valence-electron chi connectivity index (χ2n) is 5.03. The second kappa shape index (κ2) is 8.83. The molecule has 1 N–H and O–H groups in total. The SMILES string of the molecule is Cc1ccccc1CSCC(=O)NN=Cc1ccccc1[N+](=O)[O-]. The minimum absolute atomic E-state index is 0.0515. The number of benzene rings is 2. The van der Waals surface area contributed by atoms with E-state index < -0.39 is 4.92 Å². The Hall–Kier alpha value is -2.67. The van der Waals surface area contributed by atoms with Gasteiger partial charge in [-0.05, 0) is 24.1 Å². The third-order valence-electron chi connectivity index (χ3n) is 3.28. The molecule has 0 heterocycles. The zero-order valence-corrected chi connectivity index (χ0v) is 14.0. The molecule has 0 aliphatic heterocycles. The number of hydrogen-bond donors (Lipinski definition) is 1. The lowest BCUT2D eigenvalue weighted by molar-refractivity contribution is -0.385. The Kier molecular flexibility index (Phi) is 6.51. The summed E-state index contributed by atoms with van der Waals surface area (Å²) in [5.41, 5.74) is 5.06. The van der Waals surface area contributed by atoms with E-state index in [0.717, 1.165) is 5.75 Å². The van der Waals surface area contributed by atoms with Crippen LogP contribution in [-0.4, -0.2) is 22.8 Å². The molecular formula is C17H17N3O3S. The summed E-state index contributed by atoms with van der Waals surface area (Å²) in [5.74, 6) is 0.764. The summed E-state index contributed by atoms with van der Waals surface area (Å²) < 4.78 is 0. The first-order valence-corrected chi connectivity index (χ1v) is 8.41. The maximum atomic E-state index is 11.7. The summed E-state index contributed by atoms with van der Waals surface area (Å²) in [6.07, 6.45) is 1.28. The topological polar surface area (TPSA) is 84.6 Å². The number of aryl methyl sites for hydroxylation is 1. The molecule has 2 rings (SSSR count). The minimum Gasteiger partial charge on any atom is -0.272 e. The number of amides is 1. The van der Waals surface area contributed by atoms with Crippen LogP contribution in [0.3, 0.4) is 0 Å². The summed E-state index contributed by atoms with van der Waals surface area (Å²) in [6.45, 7) is 2.03. The van der Waals surface area contributed by atoms with Gasteiger partial charge in [-0.15, -0.1) is 11.8 Å². The van der Waals surface area contributed by atoms with E-state index in [1.54, 1.807) is 18.2 Å². The maximum Gasteiger partial charge on any atom is 0.278 e. The Labute approximate surface area is 144 Å². The van der Waals surface area contributed by atoms with Crippen LogP contribution in [0.25, 0.3) is 0 Å². The number of carbonyl (C=O) groups is 1. The number of hydrazone groups is 1. The van der Waals surface area contributed by atoms with Crippen molar-refractivity contribution in [2.45, 2.75) is 12.7 Å². The van der Waals surface area contributed by atoms with Crippen molar-refractivity contribution < 1.29 is 9.72 Å². The molecule has 2 aromatic carbocycles. The molecule has 6 nitrogen and oxygen atoms in total. The lowest BCUT2D eigenvalue weighted by Crippen LogP contribution is -2.19. The van der Waals surface area contributed by atoms with Crippen LogP contribution in [0.1, 0.15) is 16.7 Å². The van der Waals surface area contributed by atoms with Gasteiger partial charge in [-0.1, -0.05) is 36.4 Å². The molecule has 124 valence electrons. The Morgan fingerprint density at radius 3 is 2.71 bits per heavy atom. The minimum atomic E-state index is -0.485. The summed E-state index contributed by atoms with van der Waals surface area (Å²) in [6, 6.07) is 14.2. The van der Waals surface area contributed by atoms with Crippen molar-refractivity contribution >= 4 is 29.6 Å². The van der Waals surface area contributed by atoms with Crippen LogP contribution in [0.2, 0.25) is 0 Å². The van der Waals surface area contributed by atoms with Crippen LogP contribution in [0.4, 0.5) is 5.69 Å². The molecule has 0 atom stereocenters. The molecule has 0 saturated heterocycles. The van der Waals surface area contributed by atoms with E-state index in [1.807, 2.05) is 31.2 Å². The van der Waals surface area contributed by atoms with E-state index >= 15 is 0 Å². The van der Waals surface area contributed by atoms with Gasteiger partial charge in [0.15, 0.2) is 0 Å². The average Bonchev–Trinajstić information content (AvgIpc) is 2.57. The van der Waals surface area contributed by atoms with Crippen molar-refractivity contribution in [1.82, 2.24) is 5.43 Å². The fraction of sp³-hybridized carbons (Fsp3) is 0.176. The largest absolute Gasteiger partial charge is 0.278 e. The molecule has 0 aliphatic carbocycles. The van der Waals surface area contributed by atoms with Gasteiger partial charge in [0.1, 0.15) is 0 Å². The predicted octanol–water partition coefficient (Wildman–Crippen LogP) is 3.29. The van der Waals surface area contributed by atoms with Gasteiger partial charge in [-0.3, -0.25) is 14.9 Å². The number of para-hydroxylation sites is 1. The van der Waals surface area contributed by atoms with E-state index in [4.69, 9.17) is 0 Å². The molecule has 7 heteroatoms. The van der Waals surface area contributed by atoms with E-state index in [2.05, 4.69) is 10.5 Å². The molecule has 0 spiro atoms. The van der Waals surface area contributed by atoms with E-state index in [9.17, 15) is 14.9 Å². The van der Waals surface area contributed by atoms with Crippen molar-refractivity contribution in [3.8, 4) is 0 Å². The van der Waals surface area contributed by atoms with Crippen LogP contribution in [0.5, 0.6) is 0 Å². The number of nitrogens with one attached hydrogen (secondary N) is 1. The Morgan fingerprint density at radius 1 is 1.25 bits per heavy atom. The van der Waals surface area contributed by atoms with Gasteiger partial charge in [0.05, 0.1) is 22.5 Å². The number of nitro groups is 1. The molecule has 0 fully saturated rings. The number of nitrogens with zero attached hydrogens (tertiary/aromatic N) is 2. The highest BCUT2D eigenvalue weighted by atomic mass is 32.2. The van der Waals surface area contributed by atoms with Crippen molar-refractivity contribution in [3.05, 3.63) is 75.3 Å². The van der Waals surface area contributed by atoms with Crippen molar-refractivity contribution in [2.24, 2.45) is 5.10 Å². The summed E-state index contributed by atoms with van der Waals surface area (Å²) in [4.78, 5) is 22.1. The third-order valence-corrected chi connectivity index (χ3v) is 4.26. The highest BCUT2D eigenvalue weighted by molar-refractivity contribution is 7.99. The van der Waals surface area contributed by atoms with Gasteiger partial charge in [0.2, 0.25) is 5.91 Å². The second-order valence-corrected chi connectivity index (χ2v) is 6.01. The molecular weight excluding hydrogens is 326 g/mol. The zero-order chi connectivity index (χ0) is 17.4. The first kappa shape index (κ1) is 17.7. The van der Waals surface area contributed by atoms with Crippen LogP contribution in [0.15, 0.2) is 53.6 Å². The Morgan fingerprint density at radius 2 is 1.96 bits per heavy atom.